The lowest BCUT2D eigenvalue weighted by Gasteiger charge is -2.07. The average Bonchev–Trinajstić information content (AvgIpc) is 2.71. The van der Waals surface area contributed by atoms with Crippen LogP contribution in [0.4, 0.5) is 0 Å². The lowest BCUT2D eigenvalue weighted by atomic mass is 10.2. The fourth-order valence-corrected chi connectivity index (χ4v) is 2.31. The molecule has 0 unspecified atom stereocenters. The van der Waals surface area contributed by atoms with Gasteiger partial charge in [-0.15, -0.1) is 0 Å². The Balaban J connectivity index is 1.74. The second kappa shape index (κ2) is 11.4. The molecule has 0 aliphatic carbocycles. The summed E-state index contributed by atoms with van der Waals surface area (Å²) in [4.78, 5) is 23.0. The van der Waals surface area contributed by atoms with Crippen LogP contribution in [0, 0.1) is 0 Å². The van der Waals surface area contributed by atoms with Gasteiger partial charge in [-0.05, 0) is 43.0 Å². The van der Waals surface area contributed by atoms with Gasteiger partial charge in [0.05, 0.1) is 12.8 Å². The third-order valence-electron chi connectivity index (χ3n) is 3.72. The minimum atomic E-state index is -0.385. The predicted molar refractivity (Wildman–Crippen MR) is 102 cm³/mol. The molecule has 3 N–H and O–H groups in total. The highest BCUT2D eigenvalue weighted by Gasteiger charge is 2.06. The van der Waals surface area contributed by atoms with Crippen LogP contribution in [0.5, 0.6) is 5.75 Å². The minimum Gasteiger partial charge on any atom is -0.494 e. The molecule has 2 amide bonds. The van der Waals surface area contributed by atoms with Gasteiger partial charge in [-0.1, -0.05) is 36.4 Å². The molecule has 7 nitrogen and oxygen atoms in total. The largest absolute Gasteiger partial charge is 0.494 e. The van der Waals surface area contributed by atoms with E-state index in [-0.39, 0.29) is 18.2 Å². The second-order valence-electron chi connectivity index (χ2n) is 5.83. The van der Waals surface area contributed by atoms with Crippen LogP contribution in [0.25, 0.3) is 0 Å². The predicted octanol–water partition coefficient (Wildman–Crippen LogP) is 2.90. The number of amides is 2. The Bertz CT molecular complexity index is 763. The lowest BCUT2D eigenvalue weighted by Crippen LogP contribution is -2.18. The molecule has 142 valence electrons. The van der Waals surface area contributed by atoms with E-state index in [2.05, 4.69) is 10.5 Å². The van der Waals surface area contributed by atoms with E-state index < -0.39 is 0 Å². The van der Waals surface area contributed by atoms with Crippen molar-refractivity contribution in [2.24, 2.45) is 5.10 Å². The Morgan fingerprint density at radius 3 is 2.63 bits per heavy atom. The van der Waals surface area contributed by atoms with Gasteiger partial charge >= 0.3 is 0 Å². The van der Waals surface area contributed by atoms with Gasteiger partial charge in [0.25, 0.3) is 5.91 Å². The van der Waals surface area contributed by atoms with Crippen LogP contribution in [-0.2, 0) is 4.79 Å². The van der Waals surface area contributed by atoms with Gasteiger partial charge in [0.1, 0.15) is 5.75 Å². The molecule has 0 saturated carbocycles. The van der Waals surface area contributed by atoms with Crippen molar-refractivity contribution >= 4 is 18.0 Å². The molecule has 0 aliphatic heterocycles. The molecule has 0 radical (unpaired) electrons. The lowest BCUT2D eigenvalue weighted by molar-refractivity contribution is -0.129. The van der Waals surface area contributed by atoms with Gasteiger partial charge in [0.15, 0.2) is 0 Å². The number of unbranched alkanes of at least 4 members (excludes halogenated alkanes) is 2. The third kappa shape index (κ3) is 7.70. The summed E-state index contributed by atoms with van der Waals surface area (Å²) in [7, 11) is 0. The van der Waals surface area contributed by atoms with Crippen molar-refractivity contribution in [3.8, 4) is 5.75 Å². The highest BCUT2D eigenvalue weighted by Crippen LogP contribution is 2.14. The van der Waals surface area contributed by atoms with Gasteiger partial charge in [-0.2, -0.15) is 5.10 Å². The average molecular weight is 369 g/mol. The molecule has 0 heterocycles. The van der Waals surface area contributed by atoms with Crippen molar-refractivity contribution in [2.45, 2.75) is 25.7 Å². The molecule has 0 saturated heterocycles. The maximum absolute atomic E-state index is 12.2. The van der Waals surface area contributed by atoms with Crippen LogP contribution < -0.4 is 15.6 Å². The van der Waals surface area contributed by atoms with E-state index in [1.165, 1.54) is 0 Å². The summed E-state index contributed by atoms with van der Waals surface area (Å²) in [6.07, 6.45) is 4.13. The highest BCUT2D eigenvalue weighted by atomic mass is 16.5. The molecular formula is C20H23N3O4. The van der Waals surface area contributed by atoms with E-state index in [0.717, 1.165) is 18.4 Å². The Morgan fingerprint density at radius 1 is 1.04 bits per heavy atom. The van der Waals surface area contributed by atoms with Crippen LogP contribution in [0.1, 0.15) is 41.6 Å². The number of hydrogen-bond donors (Lipinski definition) is 3. The fraction of sp³-hybridized carbons (Fsp3) is 0.250. The molecule has 2 rings (SSSR count). The maximum Gasteiger partial charge on any atom is 0.271 e. The Labute approximate surface area is 158 Å². The van der Waals surface area contributed by atoms with Gasteiger partial charge in [0, 0.05) is 12.0 Å². The summed E-state index contributed by atoms with van der Waals surface area (Å²) >= 11 is 0. The van der Waals surface area contributed by atoms with E-state index in [1.54, 1.807) is 36.0 Å². The van der Waals surface area contributed by atoms with Crippen molar-refractivity contribution in [3.63, 3.8) is 0 Å². The first-order valence-electron chi connectivity index (χ1n) is 8.73. The molecule has 0 aromatic heterocycles. The van der Waals surface area contributed by atoms with Crippen LogP contribution in [0.3, 0.4) is 0 Å². The molecule has 2 aromatic rings. The van der Waals surface area contributed by atoms with Crippen LogP contribution in [0.15, 0.2) is 59.7 Å². The molecule has 0 fully saturated rings. The van der Waals surface area contributed by atoms with E-state index in [1.807, 2.05) is 30.3 Å². The number of ether oxygens (including phenoxy) is 1. The standard InChI is InChI=1S/C20H23N3O4/c24-19(23-26)12-5-2-6-13-27-18-11-7-10-17(14-18)20(25)22-21-15-16-8-3-1-4-9-16/h1,3-4,7-11,14-15,26H,2,5-6,12-13H2,(H,22,25)(H,23,24)/b21-15+. The summed E-state index contributed by atoms with van der Waals surface area (Å²) in [6, 6.07) is 16.4. The normalized spacial score (nSPS) is 10.6. The molecule has 0 spiro atoms. The third-order valence-corrected chi connectivity index (χ3v) is 3.72. The number of benzene rings is 2. The SMILES string of the molecule is O=C(CCCCCOc1cccc(C(=O)N/N=C/c2ccccc2)c1)NO. The maximum atomic E-state index is 12.2. The smallest absolute Gasteiger partial charge is 0.271 e. The number of hydrogen-bond acceptors (Lipinski definition) is 5. The zero-order valence-electron chi connectivity index (χ0n) is 14.9. The number of rotatable bonds is 10. The topological polar surface area (TPSA) is 100 Å². The number of nitrogens with one attached hydrogen (secondary N) is 2. The van der Waals surface area contributed by atoms with Crippen LogP contribution >= 0.6 is 0 Å². The summed E-state index contributed by atoms with van der Waals surface area (Å²) in [5, 5.41) is 12.4. The van der Waals surface area contributed by atoms with Crippen molar-refractivity contribution in [1.29, 1.82) is 0 Å². The molecule has 27 heavy (non-hydrogen) atoms. The number of carbonyl (C=O) groups is 2. The summed E-state index contributed by atoms with van der Waals surface area (Å²) < 4.78 is 5.64. The zero-order valence-corrected chi connectivity index (χ0v) is 14.9. The number of hydroxylamine groups is 1. The summed E-state index contributed by atoms with van der Waals surface area (Å²) in [5.41, 5.74) is 5.45. The first kappa shape index (κ1) is 20.1. The molecule has 7 heteroatoms. The van der Waals surface area contributed by atoms with Gasteiger partial charge in [-0.25, -0.2) is 10.9 Å². The minimum absolute atomic E-state index is 0.287. The second-order valence-corrected chi connectivity index (χ2v) is 5.83. The van der Waals surface area contributed by atoms with Crippen LogP contribution in [-0.4, -0.2) is 29.8 Å². The first-order valence-corrected chi connectivity index (χ1v) is 8.73. The molecular weight excluding hydrogens is 346 g/mol. The Hall–Kier alpha value is -3.19. The quantitative estimate of drug-likeness (QED) is 0.259. The fourth-order valence-electron chi connectivity index (χ4n) is 2.31. The Kier molecular flexibility index (Phi) is 8.52. The monoisotopic (exact) mass is 369 g/mol. The molecule has 0 aliphatic rings. The Morgan fingerprint density at radius 2 is 1.85 bits per heavy atom. The van der Waals surface area contributed by atoms with E-state index >= 15 is 0 Å². The molecule has 2 aromatic carbocycles. The van der Waals surface area contributed by atoms with E-state index in [9.17, 15) is 9.59 Å². The zero-order chi connectivity index (χ0) is 19.3. The van der Waals surface area contributed by atoms with Crippen molar-refractivity contribution in [2.75, 3.05) is 6.61 Å². The molecule has 0 bridgehead atoms. The summed E-state index contributed by atoms with van der Waals surface area (Å²) in [5.74, 6) is -0.102. The first-order chi connectivity index (χ1) is 13.2. The van der Waals surface area contributed by atoms with Crippen molar-refractivity contribution in [3.05, 3.63) is 65.7 Å². The van der Waals surface area contributed by atoms with E-state index in [4.69, 9.17) is 9.94 Å². The van der Waals surface area contributed by atoms with Crippen molar-refractivity contribution < 1.29 is 19.5 Å². The summed E-state index contributed by atoms with van der Waals surface area (Å²) in [6.45, 7) is 0.484. The number of hydrazone groups is 1. The number of nitrogens with zero attached hydrogens (tertiary/aromatic N) is 1. The number of carbonyl (C=O) groups excluding carboxylic acids is 2. The van der Waals surface area contributed by atoms with Crippen LogP contribution in [0.2, 0.25) is 0 Å². The van der Waals surface area contributed by atoms with E-state index in [0.29, 0.717) is 24.3 Å². The van der Waals surface area contributed by atoms with Gasteiger partial charge in [-0.3, -0.25) is 14.8 Å². The van der Waals surface area contributed by atoms with Crippen molar-refractivity contribution in [1.82, 2.24) is 10.9 Å². The highest BCUT2D eigenvalue weighted by molar-refractivity contribution is 5.95. The molecule has 0 atom stereocenters. The van der Waals surface area contributed by atoms with Gasteiger partial charge < -0.3 is 4.74 Å². The van der Waals surface area contributed by atoms with Gasteiger partial charge in [0.2, 0.25) is 5.91 Å².